The highest BCUT2D eigenvalue weighted by atomic mass is 16.5. The molecule has 0 fully saturated rings. The summed E-state index contributed by atoms with van der Waals surface area (Å²) < 4.78 is 5.98. The molecule has 0 aliphatic rings. The third kappa shape index (κ3) is 5.14. The highest BCUT2D eigenvalue weighted by molar-refractivity contribution is 5.85. The molecule has 29 heavy (non-hydrogen) atoms. The second kappa shape index (κ2) is 10.3. The van der Waals surface area contributed by atoms with Gasteiger partial charge in [0.15, 0.2) is 0 Å². The molecule has 0 saturated heterocycles. The molecular weight excluding hydrogens is 358 g/mol. The zero-order valence-corrected chi connectivity index (χ0v) is 17.0. The first-order chi connectivity index (χ1) is 14.2. The second-order valence-electron chi connectivity index (χ2n) is 6.92. The first kappa shape index (κ1) is 20.4. The SMILES string of the molecule is CCCCOc1ccc(-c2ccc(-c3ccccc3)cc2)c(/C=C\C=N\O)c1C. The van der Waals surface area contributed by atoms with Crippen molar-refractivity contribution in [3.8, 4) is 28.0 Å². The third-order valence-electron chi connectivity index (χ3n) is 4.94. The molecule has 0 atom stereocenters. The van der Waals surface area contributed by atoms with Crippen LogP contribution in [0.25, 0.3) is 28.3 Å². The summed E-state index contributed by atoms with van der Waals surface area (Å²) in [5.41, 5.74) is 6.78. The van der Waals surface area contributed by atoms with E-state index in [4.69, 9.17) is 9.94 Å². The molecule has 0 unspecified atom stereocenters. The van der Waals surface area contributed by atoms with E-state index in [2.05, 4.69) is 73.6 Å². The van der Waals surface area contributed by atoms with Crippen molar-refractivity contribution in [2.75, 3.05) is 6.61 Å². The van der Waals surface area contributed by atoms with Gasteiger partial charge < -0.3 is 9.94 Å². The molecule has 3 aromatic carbocycles. The summed E-state index contributed by atoms with van der Waals surface area (Å²) in [6.07, 6.45) is 7.20. The van der Waals surface area contributed by atoms with Crippen LogP contribution in [0, 0.1) is 6.92 Å². The van der Waals surface area contributed by atoms with Crippen molar-refractivity contribution in [2.45, 2.75) is 26.7 Å². The molecule has 0 bridgehead atoms. The molecule has 0 amide bonds. The molecular formula is C26H27NO2. The molecule has 0 radical (unpaired) electrons. The van der Waals surface area contributed by atoms with E-state index in [-0.39, 0.29) is 0 Å². The van der Waals surface area contributed by atoms with Gasteiger partial charge in [0.05, 0.1) is 12.8 Å². The fourth-order valence-corrected chi connectivity index (χ4v) is 3.31. The molecule has 1 N–H and O–H groups in total. The number of rotatable bonds is 8. The Labute approximate surface area is 173 Å². The summed E-state index contributed by atoms with van der Waals surface area (Å²) in [7, 11) is 0. The number of hydrogen-bond donors (Lipinski definition) is 1. The maximum atomic E-state index is 8.73. The molecule has 3 nitrogen and oxygen atoms in total. The van der Waals surface area contributed by atoms with Crippen molar-refractivity contribution in [1.29, 1.82) is 0 Å². The monoisotopic (exact) mass is 385 g/mol. The van der Waals surface area contributed by atoms with Crippen LogP contribution in [0.5, 0.6) is 5.75 Å². The van der Waals surface area contributed by atoms with Gasteiger partial charge >= 0.3 is 0 Å². The number of unbranched alkanes of at least 4 members (excludes halogenated alkanes) is 1. The van der Waals surface area contributed by atoms with E-state index in [0.717, 1.165) is 40.8 Å². The second-order valence-corrected chi connectivity index (χ2v) is 6.92. The van der Waals surface area contributed by atoms with E-state index in [1.165, 1.54) is 17.3 Å². The van der Waals surface area contributed by atoms with Gasteiger partial charge in [-0.2, -0.15) is 0 Å². The van der Waals surface area contributed by atoms with Crippen molar-refractivity contribution < 1.29 is 9.94 Å². The summed E-state index contributed by atoms with van der Waals surface area (Å²) in [6.45, 7) is 4.93. The Bertz CT molecular complexity index is 974. The molecule has 3 aromatic rings. The van der Waals surface area contributed by atoms with Crippen molar-refractivity contribution in [3.63, 3.8) is 0 Å². The Kier molecular flexibility index (Phi) is 7.23. The van der Waals surface area contributed by atoms with Crippen LogP contribution in [0.4, 0.5) is 0 Å². The van der Waals surface area contributed by atoms with Crippen molar-refractivity contribution in [3.05, 3.63) is 83.9 Å². The fourth-order valence-electron chi connectivity index (χ4n) is 3.31. The van der Waals surface area contributed by atoms with Crippen LogP contribution in [0.15, 0.2) is 78.0 Å². The molecule has 3 rings (SSSR count). The van der Waals surface area contributed by atoms with E-state index in [1.807, 2.05) is 18.2 Å². The predicted molar refractivity (Wildman–Crippen MR) is 122 cm³/mol. The van der Waals surface area contributed by atoms with Gasteiger partial charge in [-0.05, 0) is 58.9 Å². The lowest BCUT2D eigenvalue weighted by Crippen LogP contribution is -2.00. The molecule has 0 saturated carbocycles. The van der Waals surface area contributed by atoms with Crippen LogP contribution in [-0.4, -0.2) is 18.0 Å². The lowest BCUT2D eigenvalue weighted by molar-refractivity contribution is 0.307. The number of nitrogens with zero attached hydrogens (tertiary/aromatic N) is 1. The summed E-state index contributed by atoms with van der Waals surface area (Å²) in [5, 5.41) is 11.8. The summed E-state index contributed by atoms with van der Waals surface area (Å²) in [4.78, 5) is 0. The van der Waals surface area contributed by atoms with Crippen LogP contribution >= 0.6 is 0 Å². The van der Waals surface area contributed by atoms with Crippen LogP contribution in [0.2, 0.25) is 0 Å². The fraction of sp³-hybridized carbons (Fsp3) is 0.192. The van der Waals surface area contributed by atoms with Gasteiger partial charge in [-0.3, -0.25) is 0 Å². The predicted octanol–water partition coefficient (Wildman–Crippen LogP) is 6.98. The number of hydrogen-bond acceptors (Lipinski definition) is 3. The molecule has 0 aromatic heterocycles. The van der Waals surface area contributed by atoms with Gasteiger partial charge in [-0.1, -0.05) is 85.2 Å². The summed E-state index contributed by atoms with van der Waals surface area (Å²) in [5.74, 6) is 0.892. The Morgan fingerprint density at radius 3 is 2.28 bits per heavy atom. The minimum Gasteiger partial charge on any atom is -0.493 e. The Morgan fingerprint density at radius 2 is 1.59 bits per heavy atom. The summed E-state index contributed by atoms with van der Waals surface area (Å²) in [6, 6.07) is 23.1. The normalized spacial score (nSPS) is 11.4. The quantitative estimate of drug-likeness (QED) is 0.197. The minimum atomic E-state index is 0.712. The Hall–Kier alpha value is -3.33. The van der Waals surface area contributed by atoms with Gasteiger partial charge in [0, 0.05) is 0 Å². The van der Waals surface area contributed by atoms with Gasteiger partial charge in [-0.15, -0.1) is 0 Å². The van der Waals surface area contributed by atoms with E-state index in [0.29, 0.717) is 6.61 Å². The highest BCUT2D eigenvalue weighted by Crippen LogP contribution is 2.34. The van der Waals surface area contributed by atoms with Gasteiger partial charge in [0.25, 0.3) is 0 Å². The lowest BCUT2D eigenvalue weighted by atomic mass is 9.93. The van der Waals surface area contributed by atoms with Crippen LogP contribution in [-0.2, 0) is 0 Å². The smallest absolute Gasteiger partial charge is 0.122 e. The van der Waals surface area contributed by atoms with Crippen molar-refractivity contribution >= 4 is 12.3 Å². The van der Waals surface area contributed by atoms with E-state index < -0.39 is 0 Å². The maximum absolute atomic E-state index is 8.73. The summed E-state index contributed by atoms with van der Waals surface area (Å²) >= 11 is 0. The lowest BCUT2D eigenvalue weighted by Gasteiger charge is -2.15. The number of allylic oxidation sites excluding steroid dienone is 1. The van der Waals surface area contributed by atoms with Crippen molar-refractivity contribution in [2.24, 2.45) is 5.16 Å². The minimum absolute atomic E-state index is 0.712. The van der Waals surface area contributed by atoms with Gasteiger partial charge in [0.1, 0.15) is 5.75 Å². The van der Waals surface area contributed by atoms with E-state index in [9.17, 15) is 0 Å². The Balaban J connectivity index is 1.97. The van der Waals surface area contributed by atoms with Crippen LogP contribution in [0.3, 0.4) is 0 Å². The molecule has 148 valence electrons. The highest BCUT2D eigenvalue weighted by Gasteiger charge is 2.11. The molecule has 0 heterocycles. The number of ether oxygens (including phenoxy) is 1. The Morgan fingerprint density at radius 1 is 0.897 bits per heavy atom. The largest absolute Gasteiger partial charge is 0.493 e. The van der Waals surface area contributed by atoms with Crippen molar-refractivity contribution in [1.82, 2.24) is 0 Å². The molecule has 3 heteroatoms. The zero-order chi connectivity index (χ0) is 20.5. The third-order valence-corrected chi connectivity index (χ3v) is 4.94. The standard InChI is InChI=1S/C26H27NO2/c1-3-4-19-29-26-17-16-25(24(20(26)2)11-8-18-27-28)23-14-12-22(13-15-23)21-9-6-5-7-10-21/h5-18,28H,3-4,19H2,1-2H3/b11-8-,27-18+. The first-order valence-corrected chi connectivity index (χ1v) is 10.0. The van der Waals surface area contributed by atoms with E-state index in [1.54, 1.807) is 6.08 Å². The average Bonchev–Trinajstić information content (AvgIpc) is 2.77. The van der Waals surface area contributed by atoms with Crippen LogP contribution in [0.1, 0.15) is 30.9 Å². The number of benzene rings is 3. The van der Waals surface area contributed by atoms with Crippen LogP contribution < -0.4 is 4.74 Å². The molecule has 0 aliphatic carbocycles. The van der Waals surface area contributed by atoms with Gasteiger partial charge in [-0.25, -0.2) is 0 Å². The number of oxime groups is 1. The van der Waals surface area contributed by atoms with Gasteiger partial charge in [0.2, 0.25) is 0 Å². The zero-order valence-electron chi connectivity index (χ0n) is 17.0. The van der Waals surface area contributed by atoms with E-state index >= 15 is 0 Å². The molecule has 0 spiro atoms. The molecule has 0 aliphatic heterocycles. The topological polar surface area (TPSA) is 41.8 Å². The first-order valence-electron chi connectivity index (χ1n) is 10.0. The maximum Gasteiger partial charge on any atom is 0.122 e. The average molecular weight is 386 g/mol.